The minimum Gasteiger partial charge on any atom is -0.370 e. The zero-order chi connectivity index (χ0) is 5.98. The van der Waals surface area contributed by atoms with Gasteiger partial charge in [-0.3, -0.25) is 5.41 Å². The predicted molar refractivity (Wildman–Crippen MR) is 32.2 cm³/mol. The van der Waals surface area contributed by atoms with E-state index < -0.39 is 0 Å². The van der Waals surface area contributed by atoms with Gasteiger partial charge in [0.15, 0.2) is 5.96 Å². The van der Waals surface area contributed by atoms with Gasteiger partial charge < -0.3 is 10.6 Å². The van der Waals surface area contributed by atoms with Crippen molar-refractivity contribution in [3.05, 3.63) is 6.54 Å². The molecule has 0 aromatic rings. The highest BCUT2D eigenvalue weighted by atomic mass is 15.2. The number of rotatable bonds is 0. The Labute approximate surface area is 49.0 Å². The second-order valence-corrected chi connectivity index (χ2v) is 1.90. The zero-order valence-corrected chi connectivity index (χ0v) is 4.72. The Morgan fingerprint density at radius 2 is 2.50 bits per heavy atom. The van der Waals surface area contributed by atoms with Crippen molar-refractivity contribution in [3.63, 3.8) is 0 Å². The maximum Gasteiger partial charge on any atom is 0.188 e. The number of nitrogens with one attached hydrogen (secondary N) is 1. The van der Waals surface area contributed by atoms with E-state index in [-0.39, 0.29) is 5.96 Å². The van der Waals surface area contributed by atoms with E-state index in [2.05, 4.69) is 0 Å². The smallest absolute Gasteiger partial charge is 0.188 e. The van der Waals surface area contributed by atoms with Crippen molar-refractivity contribution in [2.45, 2.75) is 12.8 Å². The average Bonchev–Trinajstić information content (AvgIpc) is 2.12. The normalized spacial score (nSPS) is 19.2. The van der Waals surface area contributed by atoms with Gasteiger partial charge in [0.1, 0.15) is 0 Å². The molecular formula is C5H10N3. The van der Waals surface area contributed by atoms with Gasteiger partial charge in [0.25, 0.3) is 0 Å². The number of hydrogen-bond acceptors (Lipinski definition) is 1. The molecule has 3 N–H and O–H groups in total. The van der Waals surface area contributed by atoms with Crippen molar-refractivity contribution >= 4 is 5.96 Å². The van der Waals surface area contributed by atoms with Crippen LogP contribution in [0.1, 0.15) is 12.8 Å². The van der Waals surface area contributed by atoms with E-state index in [9.17, 15) is 0 Å². The topological polar surface area (TPSA) is 53.1 Å². The van der Waals surface area contributed by atoms with Crippen molar-refractivity contribution in [2.75, 3.05) is 6.54 Å². The molecule has 1 radical (unpaired) electrons. The van der Waals surface area contributed by atoms with Gasteiger partial charge in [0.2, 0.25) is 0 Å². The second-order valence-electron chi connectivity index (χ2n) is 1.90. The lowest BCUT2D eigenvalue weighted by atomic mass is 10.4. The third-order valence-electron chi connectivity index (χ3n) is 1.26. The quantitative estimate of drug-likeness (QED) is 0.346. The Kier molecular flexibility index (Phi) is 1.37. The standard InChI is InChI=1S/C5H10N3/c6-5(7)8-3-1-2-4-8/h3H,1-2,4H2,(H3,6,7). The first-order chi connectivity index (χ1) is 3.80. The van der Waals surface area contributed by atoms with E-state index in [0.29, 0.717) is 0 Å². The molecule has 1 fully saturated rings. The molecule has 0 amide bonds. The van der Waals surface area contributed by atoms with Crippen molar-refractivity contribution < 1.29 is 0 Å². The first kappa shape index (κ1) is 5.41. The molecule has 0 spiro atoms. The lowest BCUT2D eigenvalue weighted by Gasteiger charge is -2.12. The highest BCUT2D eigenvalue weighted by Crippen LogP contribution is 2.09. The lowest BCUT2D eigenvalue weighted by Crippen LogP contribution is -2.31. The van der Waals surface area contributed by atoms with Gasteiger partial charge in [-0.15, -0.1) is 0 Å². The summed E-state index contributed by atoms with van der Waals surface area (Å²) in [5.41, 5.74) is 5.18. The number of nitrogens with zero attached hydrogens (tertiary/aromatic N) is 1. The molecule has 45 valence electrons. The van der Waals surface area contributed by atoms with Crippen LogP contribution in [0.3, 0.4) is 0 Å². The van der Waals surface area contributed by atoms with Crippen LogP contribution in [0.15, 0.2) is 0 Å². The summed E-state index contributed by atoms with van der Waals surface area (Å²) in [6.45, 7) is 2.89. The molecule has 0 aliphatic carbocycles. The molecule has 1 heterocycles. The summed E-state index contributed by atoms with van der Waals surface area (Å²) in [4.78, 5) is 1.76. The first-order valence-corrected chi connectivity index (χ1v) is 2.74. The number of likely N-dealkylation sites (tertiary alicyclic amines) is 1. The lowest BCUT2D eigenvalue weighted by molar-refractivity contribution is 0.570. The highest BCUT2D eigenvalue weighted by Gasteiger charge is 2.11. The van der Waals surface area contributed by atoms with E-state index in [1.165, 1.54) is 0 Å². The molecule has 1 rings (SSSR count). The van der Waals surface area contributed by atoms with Gasteiger partial charge in [-0.05, 0) is 12.8 Å². The van der Waals surface area contributed by atoms with E-state index in [1.807, 2.05) is 6.54 Å². The molecular weight excluding hydrogens is 102 g/mol. The minimum atomic E-state index is 0.169. The molecule has 0 bridgehead atoms. The summed E-state index contributed by atoms with van der Waals surface area (Å²) in [5, 5.41) is 6.96. The van der Waals surface area contributed by atoms with Gasteiger partial charge >= 0.3 is 0 Å². The molecule has 0 aromatic heterocycles. The second kappa shape index (κ2) is 2.03. The Morgan fingerprint density at radius 1 is 1.75 bits per heavy atom. The van der Waals surface area contributed by atoms with E-state index >= 15 is 0 Å². The molecule has 1 saturated heterocycles. The van der Waals surface area contributed by atoms with E-state index in [4.69, 9.17) is 11.1 Å². The highest BCUT2D eigenvalue weighted by molar-refractivity contribution is 5.75. The molecule has 0 unspecified atom stereocenters. The molecule has 1 aliphatic heterocycles. The Hall–Kier alpha value is -0.730. The maximum absolute atomic E-state index is 6.96. The van der Waals surface area contributed by atoms with Crippen molar-refractivity contribution in [2.24, 2.45) is 5.73 Å². The monoisotopic (exact) mass is 112 g/mol. The van der Waals surface area contributed by atoms with Crippen LogP contribution in [0.4, 0.5) is 0 Å². The summed E-state index contributed by atoms with van der Waals surface area (Å²) < 4.78 is 0. The van der Waals surface area contributed by atoms with Crippen LogP contribution < -0.4 is 5.73 Å². The fourth-order valence-corrected chi connectivity index (χ4v) is 0.819. The SMILES string of the molecule is N=C(N)N1[CH]CCC1. The van der Waals surface area contributed by atoms with Crippen LogP contribution in [-0.4, -0.2) is 17.4 Å². The summed E-state index contributed by atoms with van der Waals surface area (Å²) in [5.74, 6) is 0.169. The summed E-state index contributed by atoms with van der Waals surface area (Å²) in [6.07, 6.45) is 2.21. The summed E-state index contributed by atoms with van der Waals surface area (Å²) in [6, 6.07) is 0. The molecule has 3 nitrogen and oxygen atoms in total. The number of hydrogen-bond donors (Lipinski definition) is 2. The fraction of sp³-hybridized carbons (Fsp3) is 0.600. The van der Waals surface area contributed by atoms with E-state index in [1.54, 1.807) is 4.90 Å². The Morgan fingerprint density at radius 3 is 2.75 bits per heavy atom. The summed E-state index contributed by atoms with van der Waals surface area (Å²) in [7, 11) is 0. The third kappa shape index (κ3) is 0.911. The molecule has 8 heavy (non-hydrogen) atoms. The Balaban J connectivity index is 2.35. The van der Waals surface area contributed by atoms with Gasteiger partial charge in [0, 0.05) is 6.54 Å². The number of nitrogens with two attached hydrogens (primary N) is 1. The van der Waals surface area contributed by atoms with Crippen molar-refractivity contribution in [3.8, 4) is 0 Å². The fourth-order valence-electron chi connectivity index (χ4n) is 0.819. The Bertz CT molecular complexity index is 93.8. The van der Waals surface area contributed by atoms with Crippen LogP contribution in [0, 0.1) is 12.0 Å². The van der Waals surface area contributed by atoms with Gasteiger partial charge in [-0.25, -0.2) is 0 Å². The van der Waals surface area contributed by atoms with Crippen LogP contribution in [0.2, 0.25) is 0 Å². The van der Waals surface area contributed by atoms with Crippen LogP contribution in [-0.2, 0) is 0 Å². The van der Waals surface area contributed by atoms with Crippen LogP contribution >= 0.6 is 0 Å². The van der Waals surface area contributed by atoms with Crippen LogP contribution in [0.25, 0.3) is 0 Å². The molecule has 1 aliphatic rings. The van der Waals surface area contributed by atoms with Gasteiger partial charge in [-0.2, -0.15) is 0 Å². The van der Waals surface area contributed by atoms with Gasteiger partial charge in [0.05, 0.1) is 6.54 Å². The van der Waals surface area contributed by atoms with E-state index in [0.717, 1.165) is 19.4 Å². The molecule has 0 saturated carbocycles. The number of guanidine groups is 1. The predicted octanol–water partition coefficient (Wildman–Crippen LogP) is 0.137. The average molecular weight is 112 g/mol. The first-order valence-electron chi connectivity index (χ1n) is 2.74. The largest absolute Gasteiger partial charge is 0.370 e. The zero-order valence-electron chi connectivity index (χ0n) is 4.72. The molecule has 3 heteroatoms. The van der Waals surface area contributed by atoms with Crippen molar-refractivity contribution in [1.29, 1.82) is 5.41 Å². The molecule has 0 atom stereocenters. The van der Waals surface area contributed by atoms with Gasteiger partial charge in [-0.1, -0.05) is 0 Å². The van der Waals surface area contributed by atoms with Crippen LogP contribution in [0.5, 0.6) is 0 Å². The molecule has 0 aromatic carbocycles. The summed E-state index contributed by atoms with van der Waals surface area (Å²) >= 11 is 0. The minimum absolute atomic E-state index is 0.169. The van der Waals surface area contributed by atoms with Crippen molar-refractivity contribution in [1.82, 2.24) is 4.90 Å². The maximum atomic E-state index is 6.96. The third-order valence-corrected chi connectivity index (χ3v) is 1.26.